The van der Waals surface area contributed by atoms with Crippen LogP contribution >= 0.6 is 27.5 Å². The molecule has 0 atom stereocenters. The largest absolute Gasteiger partial charge is 0.453 e. The van der Waals surface area contributed by atoms with Crippen LogP contribution in [0.4, 0.5) is 4.39 Å². The molecular weight excluding hydrogens is 347 g/mol. The van der Waals surface area contributed by atoms with Crippen LogP contribution in [0.5, 0.6) is 0 Å². The molecule has 0 aliphatic rings. The first-order valence-electron chi connectivity index (χ1n) is 5.73. The molecule has 1 heterocycles. The molecule has 0 N–H and O–H groups in total. The lowest BCUT2D eigenvalue weighted by Crippen LogP contribution is -1.99. The molecule has 0 aliphatic carbocycles. The third kappa shape index (κ3) is 2.37. The molecular formula is C15H7BrClFO2. The van der Waals surface area contributed by atoms with E-state index in [2.05, 4.69) is 15.9 Å². The summed E-state index contributed by atoms with van der Waals surface area (Å²) in [6, 6.07) is 10.9. The molecule has 0 spiro atoms. The third-order valence-electron chi connectivity index (χ3n) is 2.88. The van der Waals surface area contributed by atoms with E-state index in [9.17, 15) is 9.18 Å². The Morgan fingerprint density at radius 2 is 1.95 bits per heavy atom. The molecule has 3 aromatic rings. The lowest BCUT2D eigenvalue weighted by molar-refractivity contribution is 0.101. The van der Waals surface area contributed by atoms with Gasteiger partial charge in [0.25, 0.3) is 0 Å². The summed E-state index contributed by atoms with van der Waals surface area (Å²) < 4.78 is 19.5. The van der Waals surface area contributed by atoms with Gasteiger partial charge in [0.1, 0.15) is 11.4 Å². The average molecular weight is 354 g/mol. The molecule has 2 nitrogen and oxygen atoms in total. The van der Waals surface area contributed by atoms with Gasteiger partial charge in [-0.3, -0.25) is 4.79 Å². The Morgan fingerprint density at radius 3 is 2.70 bits per heavy atom. The second kappa shape index (κ2) is 5.04. The number of fused-ring (bicyclic) bond motifs is 1. The minimum absolute atomic E-state index is 0.0882. The lowest BCUT2D eigenvalue weighted by atomic mass is 10.1. The summed E-state index contributed by atoms with van der Waals surface area (Å²) >= 11 is 9.04. The molecule has 100 valence electrons. The fourth-order valence-corrected chi connectivity index (χ4v) is 2.47. The Kier molecular flexibility index (Phi) is 3.36. The van der Waals surface area contributed by atoms with Crippen LogP contribution in [0.15, 0.2) is 51.4 Å². The lowest BCUT2D eigenvalue weighted by Gasteiger charge is -1.99. The fraction of sp³-hybridized carbons (Fsp3) is 0. The molecule has 5 heteroatoms. The predicted octanol–water partition coefficient (Wildman–Crippen LogP) is 5.22. The van der Waals surface area contributed by atoms with E-state index in [1.165, 1.54) is 12.1 Å². The van der Waals surface area contributed by atoms with Gasteiger partial charge in [-0.25, -0.2) is 4.39 Å². The quantitative estimate of drug-likeness (QED) is 0.591. The van der Waals surface area contributed by atoms with Gasteiger partial charge < -0.3 is 4.42 Å². The second-order valence-electron chi connectivity index (χ2n) is 4.25. The Labute approximate surface area is 127 Å². The highest BCUT2D eigenvalue weighted by Crippen LogP contribution is 2.25. The number of halogens is 3. The summed E-state index contributed by atoms with van der Waals surface area (Å²) in [5.74, 6) is -0.697. The molecule has 0 fully saturated rings. The van der Waals surface area contributed by atoms with Gasteiger partial charge in [-0.15, -0.1) is 0 Å². The molecule has 0 bridgehead atoms. The molecule has 20 heavy (non-hydrogen) atoms. The van der Waals surface area contributed by atoms with Gasteiger partial charge in [-0.1, -0.05) is 27.5 Å². The molecule has 0 saturated carbocycles. The zero-order valence-corrected chi connectivity index (χ0v) is 12.3. The van der Waals surface area contributed by atoms with Crippen LogP contribution in [0.3, 0.4) is 0 Å². The first-order valence-corrected chi connectivity index (χ1v) is 6.90. The summed E-state index contributed by atoms with van der Waals surface area (Å²) in [4.78, 5) is 12.3. The van der Waals surface area contributed by atoms with E-state index in [0.717, 1.165) is 15.9 Å². The van der Waals surface area contributed by atoms with Crippen molar-refractivity contribution in [3.05, 3.63) is 69.1 Å². The Balaban J connectivity index is 2.05. The van der Waals surface area contributed by atoms with E-state index < -0.39 is 5.82 Å². The highest BCUT2D eigenvalue weighted by molar-refractivity contribution is 9.10. The van der Waals surface area contributed by atoms with Crippen molar-refractivity contribution in [2.45, 2.75) is 0 Å². The van der Waals surface area contributed by atoms with E-state index in [-0.39, 0.29) is 22.1 Å². The Hall–Kier alpha value is -1.65. The van der Waals surface area contributed by atoms with Crippen molar-refractivity contribution in [1.82, 2.24) is 0 Å². The van der Waals surface area contributed by atoms with Gasteiger partial charge in [-0.05, 0) is 42.5 Å². The predicted molar refractivity (Wildman–Crippen MR) is 78.8 cm³/mol. The van der Waals surface area contributed by atoms with E-state index in [1.807, 2.05) is 12.1 Å². The normalized spacial score (nSPS) is 10.9. The minimum atomic E-state index is -0.559. The van der Waals surface area contributed by atoms with Crippen LogP contribution in [0.25, 0.3) is 11.0 Å². The topological polar surface area (TPSA) is 30.2 Å². The number of hydrogen-bond acceptors (Lipinski definition) is 2. The van der Waals surface area contributed by atoms with Crippen molar-refractivity contribution in [3.63, 3.8) is 0 Å². The maximum Gasteiger partial charge on any atom is 0.228 e. The van der Waals surface area contributed by atoms with Crippen molar-refractivity contribution >= 4 is 44.3 Å². The van der Waals surface area contributed by atoms with Crippen LogP contribution < -0.4 is 0 Å². The number of benzene rings is 2. The van der Waals surface area contributed by atoms with E-state index in [4.69, 9.17) is 16.0 Å². The van der Waals surface area contributed by atoms with Crippen molar-refractivity contribution < 1.29 is 13.6 Å². The highest BCUT2D eigenvalue weighted by Gasteiger charge is 2.16. The second-order valence-corrected chi connectivity index (χ2v) is 5.57. The zero-order chi connectivity index (χ0) is 14.3. The minimum Gasteiger partial charge on any atom is -0.453 e. The number of ketones is 1. The van der Waals surface area contributed by atoms with Gasteiger partial charge in [0.2, 0.25) is 5.78 Å². The van der Waals surface area contributed by atoms with Crippen molar-refractivity contribution in [2.24, 2.45) is 0 Å². The number of furan rings is 1. The first kappa shape index (κ1) is 13.3. The Morgan fingerprint density at radius 1 is 1.15 bits per heavy atom. The van der Waals surface area contributed by atoms with Crippen molar-refractivity contribution in [2.75, 3.05) is 0 Å². The smallest absolute Gasteiger partial charge is 0.228 e. The SMILES string of the molecule is O=C(c1ccc(F)c(Cl)c1)c1cc2cc(Br)ccc2o1. The molecule has 0 amide bonds. The third-order valence-corrected chi connectivity index (χ3v) is 3.67. The fourth-order valence-electron chi connectivity index (χ4n) is 1.91. The maximum absolute atomic E-state index is 13.1. The van der Waals surface area contributed by atoms with Gasteiger partial charge >= 0.3 is 0 Å². The summed E-state index contributed by atoms with van der Waals surface area (Å²) in [6.45, 7) is 0. The summed E-state index contributed by atoms with van der Waals surface area (Å²) in [5.41, 5.74) is 0.902. The number of carbonyl (C=O) groups excluding carboxylic acids is 1. The summed E-state index contributed by atoms with van der Waals surface area (Å²) in [7, 11) is 0. The van der Waals surface area contributed by atoms with Crippen molar-refractivity contribution in [3.8, 4) is 0 Å². The summed E-state index contributed by atoms with van der Waals surface area (Å²) in [6.07, 6.45) is 0. The van der Waals surface area contributed by atoms with Crippen LogP contribution in [0.2, 0.25) is 5.02 Å². The number of carbonyl (C=O) groups is 1. The molecule has 0 unspecified atom stereocenters. The van der Waals surface area contributed by atoms with Crippen LogP contribution in [-0.4, -0.2) is 5.78 Å². The maximum atomic E-state index is 13.1. The van der Waals surface area contributed by atoms with Gasteiger partial charge in [0.05, 0.1) is 5.02 Å². The number of hydrogen-bond donors (Lipinski definition) is 0. The standard InChI is InChI=1S/C15H7BrClFO2/c16-10-2-4-13-9(5-10)7-14(20-13)15(19)8-1-3-12(18)11(17)6-8/h1-7H. The molecule has 0 saturated heterocycles. The van der Waals surface area contributed by atoms with Gasteiger partial charge in [0.15, 0.2) is 5.76 Å². The van der Waals surface area contributed by atoms with Crippen LogP contribution in [0, 0.1) is 5.82 Å². The molecule has 1 aromatic heterocycles. The summed E-state index contributed by atoms with van der Waals surface area (Å²) in [5, 5.41) is 0.727. The highest BCUT2D eigenvalue weighted by atomic mass is 79.9. The molecule has 0 aliphatic heterocycles. The molecule has 0 radical (unpaired) electrons. The number of rotatable bonds is 2. The average Bonchev–Trinajstić information content (AvgIpc) is 2.84. The van der Waals surface area contributed by atoms with Crippen LogP contribution in [-0.2, 0) is 0 Å². The zero-order valence-electron chi connectivity index (χ0n) is 9.99. The first-order chi connectivity index (χ1) is 9.54. The molecule has 2 aromatic carbocycles. The molecule has 3 rings (SSSR count). The van der Waals surface area contributed by atoms with E-state index >= 15 is 0 Å². The van der Waals surface area contributed by atoms with E-state index in [0.29, 0.717) is 5.58 Å². The van der Waals surface area contributed by atoms with E-state index in [1.54, 1.807) is 12.1 Å². The van der Waals surface area contributed by atoms with Crippen LogP contribution in [0.1, 0.15) is 16.1 Å². The van der Waals surface area contributed by atoms with Crippen molar-refractivity contribution in [1.29, 1.82) is 0 Å². The van der Waals surface area contributed by atoms with Gasteiger partial charge in [-0.2, -0.15) is 0 Å². The Bertz CT molecular complexity index is 826. The van der Waals surface area contributed by atoms with Gasteiger partial charge in [0, 0.05) is 15.4 Å². The monoisotopic (exact) mass is 352 g/mol.